The molecule has 0 fully saturated rings. The lowest BCUT2D eigenvalue weighted by Gasteiger charge is -2.14. The number of halogens is 1. The maximum Gasteiger partial charge on any atom is 0.317 e. The second-order valence-electron chi connectivity index (χ2n) is 6.65. The molecule has 3 rings (SSSR count). The third-order valence-corrected chi connectivity index (χ3v) is 4.27. The van der Waals surface area contributed by atoms with Crippen molar-refractivity contribution in [1.82, 2.24) is 15.1 Å². The van der Waals surface area contributed by atoms with Crippen molar-refractivity contribution >= 4 is 28.3 Å². The highest BCUT2D eigenvalue weighted by atomic mass is 19.1. The Labute approximate surface area is 165 Å². The quantitative estimate of drug-likeness (QED) is 0.557. The fraction of sp³-hybridized carbons (Fsp3) is 0.200. The number of anilines is 1. The molecule has 0 aliphatic carbocycles. The molecule has 0 radical (unpaired) electrons. The highest BCUT2D eigenvalue weighted by molar-refractivity contribution is 5.92. The van der Waals surface area contributed by atoms with Crippen LogP contribution in [0.2, 0.25) is 0 Å². The lowest BCUT2D eigenvalue weighted by atomic mass is 10.0. The maximum absolute atomic E-state index is 14.1. The molecule has 0 spiro atoms. The molecule has 8 nitrogen and oxygen atoms in total. The average molecular weight is 398 g/mol. The normalized spacial score (nSPS) is 11.0. The number of fused-ring (bicyclic) bond motifs is 1. The fourth-order valence-electron chi connectivity index (χ4n) is 3.00. The average Bonchev–Trinajstić information content (AvgIpc) is 2.66. The number of aromatic nitrogens is 2. The number of hydrogen-bond donors (Lipinski definition) is 3. The van der Waals surface area contributed by atoms with Gasteiger partial charge in [0.05, 0.1) is 29.9 Å². The number of nitrogens with zero attached hydrogens (tertiary/aromatic N) is 2. The highest BCUT2D eigenvalue weighted by Crippen LogP contribution is 2.21. The second-order valence-corrected chi connectivity index (χ2v) is 6.65. The van der Waals surface area contributed by atoms with E-state index in [9.17, 15) is 18.8 Å². The molecule has 0 saturated carbocycles. The van der Waals surface area contributed by atoms with Crippen molar-refractivity contribution < 1.29 is 19.1 Å². The molecule has 150 valence electrons. The molecule has 0 aliphatic heterocycles. The first-order valence-corrected chi connectivity index (χ1v) is 8.78. The van der Waals surface area contributed by atoms with Gasteiger partial charge in [-0.15, -0.1) is 0 Å². The van der Waals surface area contributed by atoms with Gasteiger partial charge in [0.25, 0.3) is 5.56 Å². The van der Waals surface area contributed by atoms with Crippen LogP contribution in [-0.4, -0.2) is 52.2 Å². The number of amides is 1. The van der Waals surface area contributed by atoms with E-state index < -0.39 is 17.7 Å². The Morgan fingerprint density at radius 2 is 1.90 bits per heavy atom. The van der Waals surface area contributed by atoms with Gasteiger partial charge >= 0.3 is 5.97 Å². The van der Waals surface area contributed by atoms with Crippen LogP contribution in [0.5, 0.6) is 0 Å². The third-order valence-electron chi connectivity index (χ3n) is 4.27. The zero-order chi connectivity index (χ0) is 21.0. The lowest BCUT2D eigenvalue weighted by Crippen LogP contribution is -2.34. The minimum absolute atomic E-state index is 0.00930. The minimum Gasteiger partial charge on any atom is -0.480 e. The number of H-pyrrole nitrogens is 1. The van der Waals surface area contributed by atoms with Gasteiger partial charge in [-0.05, 0) is 30.8 Å². The number of rotatable bonds is 7. The second kappa shape index (κ2) is 8.61. The van der Waals surface area contributed by atoms with Crippen LogP contribution < -0.4 is 10.9 Å². The summed E-state index contributed by atoms with van der Waals surface area (Å²) in [5.74, 6) is -2.20. The van der Waals surface area contributed by atoms with Crippen LogP contribution in [0.3, 0.4) is 0 Å². The number of aromatic amines is 1. The SMILES string of the molecule is CN(CC(=O)O)CC(=O)Nc1cc(Cc2n[nH]c(=O)c3ccccc23)ccc1F. The third kappa shape index (κ3) is 5.02. The van der Waals surface area contributed by atoms with Gasteiger partial charge in [-0.2, -0.15) is 5.10 Å². The van der Waals surface area contributed by atoms with Crippen LogP contribution in [0, 0.1) is 5.82 Å². The molecule has 3 N–H and O–H groups in total. The Balaban J connectivity index is 1.79. The van der Waals surface area contributed by atoms with Crippen molar-refractivity contribution in [2.45, 2.75) is 6.42 Å². The lowest BCUT2D eigenvalue weighted by molar-refractivity contribution is -0.138. The van der Waals surface area contributed by atoms with Crippen molar-refractivity contribution in [3.05, 3.63) is 69.9 Å². The van der Waals surface area contributed by atoms with Gasteiger partial charge in [-0.3, -0.25) is 19.3 Å². The van der Waals surface area contributed by atoms with Gasteiger partial charge in [0.1, 0.15) is 5.82 Å². The monoisotopic (exact) mass is 398 g/mol. The maximum atomic E-state index is 14.1. The Morgan fingerprint density at radius 3 is 2.62 bits per heavy atom. The van der Waals surface area contributed by atoms with Gasteiger partial charge in [0.15, 0.2) is 0 Å². The van der Waals surface area contributed by atoms with Crippen LogP contribution in [0.25, 0.3) is 10.8 Å². The van der Waals surface area contributed by atoms with Crippen molar-refractivity contribution in [3.8, 4) is 0 Å². The number of carboxylic acids is 1. The van der Waals surface area contributed by atoms with Crippen molar-refractivity contribution in [2.75, 3.05) is 25.5 Å². The van der Waals surface area contributed by atoms with Crippen LogP contribution in [0.4, 0.5) is 10.1 Å². The summed E-state index contributed by atoms with van der Waals surface area (Å²) in [5, 5.41) is 19.0. The van der Waals surface area contributed by atoms with E-state index >= 15 is 0 Å². The summed E-state index contributed by atoms with van der Waals surface area (Å²) in [6.07, 6.45) is 0.319. The van der Waals surface area contributed by atoms with Crippen molar-refractivity contribution in [2.24, 2.45) is 0 Å². The number of likely N-dealkylation sites (N-methyl/N-ethyl adjacent to an activating group) is 1. The smallest absolute Gasteiger partial charge is 0.317 e. The highest BCUT2D eigenvalue weighted by Gasteiger charge is 2.13. The number of aliphatic carboxylic acids is 1. The predicted octanol–water partition coefficient (Wildman–Crippen LogP) is 1.61. The summed E-state index contributed by atoms with van der Waals surface area (Å²) < 4.78 is 14.1. The molecule has 0 saturated heterocycles. The first-order valence-electron chi connectivity index (χ1n) is 8.78. The van der Waals surface area contributed by atoms with Crippen LogP contribution >= 0.6 is 0 Å². The van der Waals surface area contributed by atoms with Crippen LogP contribution in [0.1, 0.15) is 11.3 Å². The topological polar surface area (TPSA) is 115 Å². The molecule has 29 heavy (non-hydrogen) atoms. The predicted molar refractivity (Wildman–Crippen MR) is 105 cm³/mol. The molecule has 0 atom stereocenters. The number of nitrogens with one attached hydrogen (secondary N) is 2. The van der Waals surface area contributed by atoms with Gasteiger partial charge in [0, 0.05) is 11.8 Å². The standard InChI is InChI=1S/C20H19FN4O4/c1-25(11-19(27)28)10-18(26)22-17-9-12(6-7-15(17)21)8-16-13-4-2-3-5-14(13)20(29)24-23-16/h2-7,9H,8,10-11H2,1H3,(H,22,26)(H,24,29)(H,27,28). The van der Waals surface area contributed by atoms with E-state index in [2.05, 4.69) is 15.5 Å². The molecule has 3 aromatic rings. The summed E-state index contributed by atoms with van der Waals surface area (Å²) in [5.41, 5.74) is 1.00. The molecule has 1 aromatic heterocycles. The Hall–Kier alpha value is -3.59. The van der Waals surface area contributed by atoms with Gasteiger partial charge in [0.2, 0.25) is 5.91 Å². The Bertz CT molecular complexity index is 1130. The molecule has 9 heteroatoms. The molecule has 1 heterocycles. The number of carboxylic acid groups (broad SMARTS) is 1. The van der Waals surface area contributed by atoms with E-state index in [1.165, 1.54) is 24.1 Å². The van der Waals surface area contributed by atoms with Gasteiger partial charge in [-0.1, -0.05) is 24.3 Å². The van der Waals surface area contributed by atoms with E-state index in [1.807, 2.05) is 0 Å². The summed E-state index contributed by atoms with van der Waals surface area (Å²) in [4.78, 5) is 36.0. The van der Waals surface area contributed by atoms with Crippen molar-refractivity contribution in [1.29, 1.82) is 0 Å². The molecule has 0 unspecified atom stereocenters. The first kappa shape index (κ1) is 20.2. The summed E-state index contributed by atoms with van der Waals surface area (Å²) >= 11 is 0. The molecule has 1 amide bonds. The molecular weight excluding hydrogens is 379 g/mol. The Morgan fingerprint density at radius 1 is 1.17 bits per heavy atom. The van der Waals surface area contributed by atoms with Crippen molar-refractivity contribution in [3.63, 3.8) is 0 Å². The number of benzene rings is 2. The largest absolute Gasteiger partial charge is 0.480 e. The number of carbonyl (C=O) groups excluding carboxylic acids is 1. The Kier molecular flexibility index (Phi) is 5.99. The van der Waals surface area contributed by atoms with E-state index in [0.29, 0.717) is 28.5 Å². The molecule has 2 aromatic carbocycles. The van der Waals surface area contributed by atoms with E-state index in [-0.39, 0.29) is 24.3 Å². The summed E-state index contributed by atoms with van der Waals surface area (Å²) in [7, 11) is 1.48. The summed E-state index contributed by atoms with van der Waals surface area (Å²) in [6, 6.07) is 11.3. The molecule has 0 bridgehead atoms. The molecule has 0 aliphatic rings. The van der Waals surface area contributed by atoms with Gasteiger partial charge in [-0.25, -0.2) is 9.49 Å². The number of hydrogen-bond acceptors (Lipinski definition) is 5. The molecular formula is C20H19FN4O4. The van der Waals surface area contributed by atoms with E-state index in [4.69, 9.17) is 5.11 Å². The van der Waals surface area contributed by atoms with Gasteiger partial charge < -0.3 is 10.4 Å². The van der Waals surface area contributed by atoms with E-state index in [0.717, 1.165) is 0 Å². The summed E-state index contributed by atoms with van der Waals surface area (Å²) in [6.45, 7) is -0.497. The van der Waals surface area contributed by atoms with E-state index in [1.54, 1.807) is 30.3 Å². The first-order chi connectivity index (χ1) is 13.8. The van der Waals surface area contributed by atoms with Crippen LogP contribution in [-0.2, 0) is 16.0 Å². The van der Waals surface area contributed by atoms with Crippen LogP contribution in [0.15, 0.2) is 47.3 Å². The fourth-order valence-corrected chi connectivity index (χ4v) is 3.00. The zero-order valence-electron chi connectivity index (χ0n) is 15.6. The zero-order valence-corrected chi connectivity index (χ0v) is 15.6. The minimum atomic E-state index is -1.06. The number of carbonyl (C=O) groups is 2.